The first-order valence-electron chi connectivity index (χ1n) is 5.20. The van der Waals surface area contributed by atoms with Crippen LogP contribution in [0.1, 0.15) is 20.8 Å². The molecule has 0 aliphatic rings. The zero-order chi connectivity index (χ0) is 13.3. The van der Waals surface area contributed by atoms with Gasteiger partial charge in [-0.2, -0.15) is 0 Å². The molecule has 2 rings (SSSR count). The molecule has 0 atom stereocenters. The van der Waals surface area contributed by atoms with Crippen molar-refractivity contribution in [3.63, 3.8) is 0 Å². The van der Waals surface area contributed by atoms with Crippen LogP contribution < -0.4 is 0 Å². The molecular formula is C13H9Cl3OS. The number of thiophene rings is 1. The van der Waals surface area contributed by atoms with E-state index >= 15 is 0 Å². The number of ketones is 1. The van der Waals surface area contributed by atoms with Crippen molar-refractivity contribution in [2.45, 2.75) is 13.3 Å². The van der Waals surface area contributed by atoms with Crippen LogP contribution in [0.3, 0.4) is 0 Å². The van der Waals surface area contributed by atoms with Crippen LogP contribution in [0.5, 0.6) is 0 Å². The molecule has 2 aromatic rings. The van der Waals surface area contributed by atoms with E-state index in [2.05, 4.69) is 0 Å². The van der Waals surface area contributed by atoms with E-state index in [1.54, 1.807) is 18.2 Å². The van der Waals surface area contributed by atoms with Gasteiger partial charge in [0, 0.05) is 6.42 Å². The Kier molecular flexibility index (Phi) is 4.33. The monoisotopic (exact) mass is 318 g/mol. The Morgan fingerprint density at radius 2 is 1.89 bits per heavy atom. The first kappa shape index (κ1) is 13.9. The summed E-state index contributed by atoms with van der Waals surface area (Å²) in [5.74, 6) is 0.0355. The Balaban J connectivity index is 2.18. The van der Waals surface area contributed by atoms with E-state index in [0.717, 1.165) is 11.1 Å². The Morgan fingerprint density at radius 3 is 2.44 bits per heavy atom. The van der Waals surface area contributed by atoms with Crippen molar-refractivity contribution < 1.29 is 4.79 Å². The molecule has 5 heteroatoms. The summed E-state index contributed by atoms with van der Waals surface area (Å²) >= 11 is 19.0. The number of Topliss-reactive ketones (excluding diaryl/α,β-unsaturated/α-hetero) is 1. The van der Waals surface area contributed by atoms with E-state index in [4.69, 9.17) is 34.8 Å². The molecule has 0 saturated carbocycles. The molecule has 1 nitrogen and oxygen atoms in total. The fourth-order valence-corrected chi connectivity index (χ4v) is 2.98. The maximum atomic E-state index is 12.1. The largest absolute Gasteiger partial charge is 0.293 e. The summed E-state index contributed by atoms with van der Waals surface area (Å²) in [6.45, 7) is 1.88. The molecule has 94 valence electrons. The lowest BCUT2D eigenvalue weighted by Gasteiger charge is -2.01. The van der Waals surface area contributed by atoms with Crippen molar-refractivity contribution >= 4 is 51.9 Å². The SMILES string of the molecule is Cc1cc(C(=O)Cc2ccc(Cl)c(Cl)c2)sc1Cl. The Morgan fingerprint density at radius 1 is 1.17 bits per heavy atom. The van der Waals surface area contributed by atoms with Gasteiger partial charge in [-0.25, -0.2) is 0 Å². The van der Waals surface area contributed by atoms with Gasteiger partial charge in [-0.1, -0.05) is 40.9 Å². The zero-order valence-corrected chi connectivity index (χ0v) is 12.6. The lowest BCUT2D eigenvalue weighted by molar-refractivity contribution is 0.0997. The van der Waals surface area contributed by atoms with Gasteiger partial charge in [0.25, 0.3) is 0 Å². The van der Waals surface area contributed by atoms with E-state index in [1.807, 2.05) is 13.0 Å². The fraction of sp³-hybridized carbons (Fsp3) is 0.154. The Labute approximate surface area is 124 Å². The highest BCUT2D eigenvalue weighted by atomic mass is 35.5. The average Bonchev–Trinajstić information content (AvgIpc) is 2.65. The predicted molar refractivity (Wildman–Crippen MR) is 78.6 cm³/mol. The second-order valence-electron chi connectivity index (χ2n) is 3.92. The van der Waals surface area contributed by atoms with Gasteiger partial charge in [0.2, 0.25) is 0 Å². The molecule has 1 heterocycles. The molecule has 0 radical (unpaired) electrons. The minimum atomic E-state index is 0.0355. The topological polar surface area (TPSA) is 17.1 Å². The highest BCUT2D eigenvalue weighted by Gasteiger charge is 2.12. The van der Waals surface area contributed by atoms with E-state index < -0.39 is 0 Å². The lowest BCUT2D eigenvalue weighted by Crippen LogP contribution is -2.01. The van der Waals surface area contributed by atoms with Gasteiger partial charge in [-0.3, -0.25) is 4.79 Å². The summed E-state index contributed by atoms with van der Waals surface area (Å²) < 4.78 is 0.660. The standard InChI is InChI=1S/C13H9Cl3OS/c1-7-4-12(18-13(7)16)11(17)6-8-2-3-9(14)10(15)5-8/h2-5H,6H2,1H3. The molecule has 0 spiro atoms. The number of benzene rings is 1. The molecule has 0 aliphatic carbocycles. The third-order valence-electron chi connectivity index (χ3n) is 2.48. The smallest absolute Gasteiger partial charge is 0.177 e. The molecule has 1 aromatic heterocycles. The summed E-state index contributed by atoms with van der Waals surface area (Å²) in [6, 6.07) is 7.02. The predicted octanol–water partition coefficient (Wildman–Crippen LogP) is 5.44. The second kappa shape index (κ2) is 5.62. The van der Waals surface area contributed by atoms with Crippen molar-refractivity contribution in [2.24, 2.45) is 0 Å². The van der Waals surface area contributed by atoms with Gasteiger partial charge in [0.15, 0.2) is 5.78 Å². The fourth-order valence-electron chi connectivity index (χ4n) is 1.52. The van der Waals surface area contributed by atoms with Crippen LogP contribution in [-0.2, 0) is 6.42 Å². The van der Waals surface area contributed by atoms with E-state index in [1.165, 1.54) is 11.3 Å². The molecular weight excluding hydrogens is 311 g/mol. The van der Waals surface area contributed by atoms with Crippen LogP contribution in [0, 0.1) is 6.92 Å². The normalized spacial score (nSPS) is 10.7. The van der Waals surface area contributed by atoms with Crippen LogP contribution in [-0.4, -0.2) is 5.78 Å². The highest BCUT2D eigenvalue weighted by molar-refractivity contribution is 7.18. The van der Waals surface area contributed by atoms with Crippen LogP contribution in [0.25, 0.3) is 0 Å². The number of hydrogen-bond acceptors (Lipinski definition) is 2. The minimum Gasteiger partial charge on any atom is -0.293 e. The van der Waals surface area contributed by atoms with E-state index in [9.17, 15) is 4.79 Å². The maximum Gasteiger partial charge on any atom is 0.177 e. The van der Waals surface area contributed by atoms with E-state index in [-0.39, 0.29) is 5.78 Å². The van der Waals surface area contributed by atoms with Gasteiger partial charge in [0.1, 0.15) is 0 Å². The van der Waals surface area contributed by atoms with E-state index in [0.29, 0.717) is 25.7 Å². The number of carbonyl (C=O) groups is 1. The number of hydrogen-bond donors (Lipinski definition) is 0. The molecule has 0 N–H and O–H groups in total. The second-order valence-corrected chi connectivity index (χ2v) is 6.38. The molecule has 0 amide bonds. The van der Waals surface area contributed by atoms with Gasteiger partial charge < -0.3 is 0 Å². The summed E-state index contributed by atoms with van der Waals surface area (Å²) in [7, 11) is 0. The first-order valence-corrected chi connectivity index (χ1v) is 7.15. The lowest BCUT2D eigenvalue weighted by atomic mass is 10.1. The summed E-state index contributed by atoms with van der Waals surface area (Å²) in [5.41, 5.74) is 1.77. The minimum absolute atomic E-state index is 0.0355. The Bertz CT molecular complexity index is 585. The number of rotatable bonds is 3. The molecule has 0 bridgehead atoms. The van der Waals surface area contributed by atoms with Crippen molar-refractivity contribution in [3.8, 4) is 0 Å². The number of halogens is 3. The van der Waals surface area contributed by atoms with Crippen LogP contribution in [0.4, 0.5) is 0 Å². The van der Waals surface area contributed by atoms with Crippen molar-refractivity contribution in [2.75, 3.05) is 0 Å². The summed E-state index contributed by atoms with van der Waals surface area (Å²) in [6.07, 6.45) is 0.299. The highest BCUT2D eigenvalue weighted by Crippen LogP contribution is 2.28. The summed E-state index contributed by atoms with van der Waals surface area (Å²) in [4.78, 5) is 12.7. The number of aryl methyl sites for hydroxylation is 1. The molecule has 0 unspecified atom stereocenters. The molecule has 1 aromatic carbocycles. The Hall–Kier alpha value is -0.540. The average molecular weight is 320 g/mol. The van der Waals surface area contributed by atoms with Crippen LogP contribution in [0.15, 0.2) is 24.3 Å². The zero-order valence-electron chi connectivity index (χ0n) is 9.47. The van der Waals surface area contributed by atoms with Crippen molar-refractivity contribution in [1.29, 1.82) is 0 Å². The third kappa shape index (κ3) is 3.07. The maximum absolute atomic E-state index is 12.1. The van der Waals surface area contributed by atoms with Crippen molar-refractivity contribution in [3.05, 3.63) is 54.7 Å². The molecule has 18 heavy (non-hydrogen) atoms. The quantitative estimate of drug-likeness (QED) is 0.688. The van der Waals surface area contributed by atoms with Crippen molar-refractivity contribution in [1.82, 2.24) is 0 Å². The van der Waals surface area contributed by atoms with Crippen LogP contribution >= 0.6 is 46.1 Å². The molecule has 0 saturated heterocycles. The van der Waals surface area contributed by atoms with Gasteiger partial charge in [0.05, 0.1) is 19.3 Å². The van der Waals surface area contributed by atoms with Gasteiger partial charge in [-0.15, -0.1) is 11.3 Å². The number of carbonyl (C=O) groups excluding carboxylic acids is 1. The van der Waals surface area contributed by atoms with Gasteiger partial charge in [-0.05, 0) is 36.2 Å². The molecule has 0 fully saturated rings. The molecule has 0 aliphatic heterocycles. The van der Waals surface area contributed by atoms with Gasteiger partial charge >= 0.3 is 0 Å². The van der Waals surface area contributed by atoms with Crippen LogP contribution in [0.2, 0.25) is 14.4 Å². The summed E-state index contributed by atoms with van der Waals surface area (Å²) in [5, 5.41) is 0.949. The third-order valence-corrected chi connectivity index (χ3v) is 4.82. The first-order chi connectivity index (χ1) is 8.47.